The van der Waals surface area contributed by atoms with Gasteiger partial charge in [0.25, 0.3) is 0 Å². The van der Waals surface area contributed by atoms with Crippen LogP contribution in [0.3, 0.4) is 0 Å². The number of rotatable bonds is 14. The standard InChI is InChI=1S/C25H30FN5O5/c26-15-21(32)22(33)19(12-7-13-29-24(27)28)30-23(34)20(14-17-8-3-1-4-9-17)31-25(35)36-16-18-10-5-2-6-11-18/h1-6,8-11,19-20H,7,12-16H2,(H,30,34)(H,31,35)(H4,27,28,29). The van der Waals surface area contributed by atoms with Crippen molar-refractivity contribution < 1.29 is 28.3 Å². The largest absolute Gasteiger partial charge is 0.445 e. The molecule has 0 aliphatic heterocycles. The number of nitrogens with one attached hydrogen (secondary N) is 2. The van der Waals surface area contributed by atoms with Crippen LogP contribution in [0, 0.1) is 0 Å². The molecule has 10 nitrogen and oxygen atoms in total. The van der Waals surface area contributed by atoms with Gasteiger partial charge in [0.05, 0.1) is 6.04 Å². The van der Waals surface area contributed by atoms with E-state index >= 15 is 0 Å². The van der Waals surface area contributed by atoms with Crippen molar-refractivity contribution in [3.05, 3.63) is 71.8 Å². The van der Waals surface area contributed by atoms with Gasteiger partial charge in [-0.25, -0.2) is 9.18 Å². The number of benzene rings is 2. The van der Waals surface area contributed by atoms with Crippen LogP contribution in [0.1, 0.15) is 24.0 Å². The summed E-state index contributed by atoms with van der Waals surface area (Å²) in [6, 6.07) is 15.4. The second-order valence-corrected chi connectivity index (χ2v) is 7.88. The second-order valence-electron chi connectivity index (χ2n) is 7.88. The van der Waals surface area contributed by atoms with E-state index in [4.69, 9.17) is 16.2 Å². The Hall–Kier alpha value is -4.28. The molecule has 6 N–H and O–H groups in total. The molecule has 2 aromatic rings. The molecule has 0 saturated carbocycles. The fourth-order valence-electron chi connectivity index (χ4n) is 3.27. The van der Waals surface area contributed by atoms with Gasteiger partial charge in [0.15, 0.2) is 12.6 Å². The molecule has 0 spiro atoms. The minimum Gasteiger partial charge on any atom is -0.445 e. The van der Waals surface area contributed by atoms with Crippen LogP contribution in [-0.4, -0.2) is 54.8 Å². The smallest absolute Gasteiger partial charge is 0.408 e. The maximum Gasteiger partial charge on any atom is 0.408 e. The number of halogens is 1. The quantitative estimate of drug-likeness (QED) is 0.131. The zero-order chi connectivity index (χ0) is 26.3. The molecule has 0 heterocycles. The molecule has 0 radical (unpaired) electrons. The Kier molecular flexibility index (Phi) is 11.5. The molecule has 11 heteroatoms. The number of ketones is 2. The van der Waals surface area contributed by atoms with Crippen molar-refractivity contribution >= 4 is 29.5 Å². The molecule has 2 aromatic carbocycles. The van der Waals surface area contributed by atoms with Crippen LogP contribution >= 0.6 is 0 Å². The average Bonchev–Trinajstić information content (AvgIpc) is 2.88. The highest BCUT2D eigenvalue weighted by Gasteiger charge is 2.30. The van der Waals surface area contributed by atoms with Gasteiger partial charge in [-0.05, 0) is 24.0 Å². The third kappa shape index (κ3) is 9.92. The van der Waals surface area contributed by atoms with Gasteiger partial charge in [0, 0.05) is 13.0 Å². The molecule has 0 saturated heterocycles. The number of hydrogen-bond acceptors (Lipinski definition) is 6. The Bertz CT molecular complexity index is 1050. The summed E-state index contributed by atoms with van der Waals surface area (Å²) in [7, 11) is 0. The van der Waals surface area contributed by atoms with Crippen LogP contribution in [0.25, 0.3) is 0 Å². The van der Waals surface area contributed by atoms with E-state index in [9.17, 15) is 23.6 Å². The number of hydrogen-bond donors (Lipinski definition) is 4. The van der Waals surface area contributed by atoms with Crippen LogP contribution < -0.4 is 22.1 Å². The molecule has 2 rings (SSSR count). The summed E-state index contributed by atoms with van der Waals surface area (Å²) in [5.74, 6) is -3.23. The van der Waals surface area contributed by atoms with E-state index in [2.05, 4.69) is 15.6 Å². The van der Waals surface area contributed by atoms with Gasteiger partial charge < -0.3 is 26.8 Å². The number of ether oxygens (including phenoxy) is 1. The van der Waals surface area contributed by atoms with Crippen molar-refractivity contribution in [1.29, 1.82) is 0 Å². The van der Waals surface area contributed by atoms with Crippen LogP contribution in [0.4, 0.5) is 9.18 Å². The molecule has 0 aromatic heterocycles. The number of carbonyl (C=O) groups excluding carboxylic acids is 4. The molecule has 2 unspecified atom stereocenters. The highest BCUT2D eigenvalue weighted by molar-refractivity contribution is 6.40. The number of nitrogens with zero attached hydrogens (tertiary/aromatic N) is 1. The van der Waals surface area contributed by atoms with Crippen molar-refractivity contribution in [3.8, 4) is 0 Å². The summed E-state index contributed by atoms with van der Waals surface area (Å²) < 4.78 is 18.1. The minimum absolute atomic E-state index is 0.0103. The molecule has 0 aliphatic rings. The first-order chi connectivity index (χ1) is 17.3. The topological polar surface area (TPSA) is 166 Å². The third-order valence-corrected chi connectivity index (χ3v) is 5.08. The van der Waals surface area contributed by atoms with Crippen LogP contribution in [0.2, 0.25) is 0 Å². The SMILES string of the molecule is NC(N)=NCCCC(NC(=O)C(Cc1ccccc1)NC(=O)OCc1ccccc1)C(=O)C(=O)CF. The first-order valence-corrected chi connectivity index (χ1v) is 11.3. The fraction of sp³-hybridized carbons (Fsp3) is 0.320. The summed E-state index contributed by atoms with van der Waals surface area (Å²) >= 11 is 0. The molecule has 192 valence electrons. The van der Waals surface area contributed by atoms with Gasteiger partial charge in [-0.2, -0.15) is 0 Å². The second kappa shape index (κ2) is 14.9. The van der Waals surface area contributed by atoms with E-state index in [0.717, 1.165) is 11.1 Å². The fourth-order valence-corrected chi connectivity index (χ4v) is 3.27. The summed E-state index contributed by atoms with van der Waals surface area (Å²) in [5.41, 5.74) is 12.0. The Morgan fingerprint density at radius 1 is 0.889 bits per heavy atom. The molecule has 0 fully saturated rings. The molecule has 36 heavy (non-hydrogen) atoms. The monoisotopic (exact) mass is 499 g/mol. The predicted molar refractivity (Wildman–Crippen MR) is 132 cm³/mol. The van der Waals surface area contributed by atoms with Gasteiger partial charge in [0.2, 0.25) is 17.5 Å². The van der Waals surface area contributed by atoms with E-state index in [0.29, 0.717) is 0 Å². The molecule has 2 atom stereocenters. The first-order valence-electron chi connectivity index (χ1n) is 11.3. The van der Waals surface area contributed by atoms with Crippen molar-refractivity contribution in [2.24, 2.45) is 16.5 Å². The Morgan fingerprint density at radius 3 is 2.08 bits per heavy atom. The maximum absolute atomic E-state index is 13.1. The lowest BCUT2D eigenvalue weighted by Crippen LogP contribution is -2.53. The first kappa shape index (κ1) is 28.0. The zero-order valence-corrected chi connectivity index (χ0v) is 19.7. The predicted octanol–water partition coefficient (Wildman–Crippen LogP) is 1.17. The highest BCUT2D eigenvalue weighted by atomic mass is 19.1. The number of Topliss-reactive ketones (excluding diaryl/α,β-unsaturated/α-hetero) is 2. The van der Waals surface area contributed by atoms with Crippen molar-refractivity contribution in [2.45, 2.75) is 38.0 Å². The van der Waals surface area contributed by atoms with Gasteiger partial charge >= 0.3 is 6.09 Å². The van der Waals surface area contributed by atoms with Crippen molar-refractivity contribution in [1.82, 2.24) is 10.6 Å². The van der Waals surface area contributed by atoms with E-state index in [1.165, 1.54) is 0 Å². The third-order valence-electron chi connectivity index (χ3n) is 5.08. The number of carbonyl (C=O) groups is 4. The average molecular weight is 500 g/mol. The molecule has 2 amide bonds. The number of amides is 2. The molecular weight excluding hydrogens is 469 g/mol. The van der Waals surface area contributed by atoms with E-state index in [1.807, 2.05) is 6.07 Å². The molecule has 0 bridgehead atoms. The lowest BCUT2D eigenvalue weighted by molar-refractivity contribution is -0.139. The summed E-state index contributed by atoms with van der Waals surface area (Å²) in [6.45, 7) is -1.36. The van der Waals surface area contributed by atoms with E-state index in [-0.39, 0.29) is 38.4 Å². The molecule has 0 aliphatic carbocycles. The van der Waals surface area contributed by atoms with Crippen molar-refractivity contribution in [2.75, 3.05) is 13.2 Å². The number of aliphatic imine (C=N–C) groups is 1. The van der Waals surface area contributed by atoms with Crippen molar-refractivity contribution in [3.63, 3.8) is 0 Å². The van der Waals surface area contributed by atoms with Gasteiger partial charge in [-0.1, -0.05) is 60.7 Å². The van der Waals surface area contributed by atoms with Gasteiger partial charge in [0.1, 0.15) is 12.6 Å². The maximum atomic E-state index is 13.1. The van der Waals surface area contributed by atoms with Crippen LogP contribution in [0.15, 0.2) is 65.7 Å². The van der Waals surface area contributed by atoms with E-state index in [1.54, 1.807) is 54.6 Å². The van der Waals surface area contributed by atoms with Crippen LogP contribution in [0.5, 0.6) is 0 Å². The van der Waals surface area contributed by atoms with E-state index < -0.39 is 42.3 Å². The minimum atomic E-state index is -1.49. The molecular formula is C25H30FN5O5. The summed E-state index contributed by atoms with van der Waals surface area (Å²) in [5, 5.41) is 4.97. The number of alkyl carbamates (subject to hydrolysis) is 1. The number of nitrogens with two attached hydrogens (primary N) is 2. The summed E-state index contributed by atoms with van der Waals surface area (Å²) in [6.07, 6.45) is -0.530. The zero-order valence-electron chi connectivity index (χ0n) is 19.7. The summed E-state index contributed by atoms with van der Waals surface area (Å²) in [4.78, 5) is 53.5. The number of alkyl halides is 1. The van der Waals surface area contributed by atoms with Gasteiger partial charge in [-0.15, -0.1) is 0 Å². The number of guanidine groups is 1. The lowest BCUT2D eigenvalue weighted by Gasteiger charge is -2.22. The highest BCUT2D eigenvalue weighted by Crippen LogP contribution is 2.08. The van der Waals surface area contributed by atoms with Crippen LogP contribution in [-0.2, 0) is 32.1 Å². The Morgan fingerprint density at radius 2 is 1.50 bits per heavy atom. The lowest BCUT2D eigenvalue weighted by atomic mass is 10.0. The normalized spacial score (nSPS) is 12.0. The Labute approximate surface area is 208 Å². The van der Waals surface area contributed by atoms with Gasteiger partial charge in [-0.3, -0.25) is 19.4 Å². The Balaban J connectivity index is 2.12.